The van der Waals surface area contributed by atoms with Gasteiger partial charge in [0, 0.05) is 5.88 Å². The maximum Gasteiger partial charge on any atom is 0.0476 e. The van der Waals surface area contributed by atoms with Gasteiger partial charge >= 0.3 is 0 Å². The molecule has 0 aliphatic carbocycles. The van der Waals surface area contributed by atoms with Crippen molar-refractivity contribution in [2.24, 2.45) is 5.73 Å². The Hall–Kier alpha value is -0.790. The van der Waals surface area contributed by atoms with Crippen LogP contribution in [0, 0.1) is 0 Å². The second-order valence-corrected chi connectivity index (χ2v) is 6.63. The molecule has 0 spiro atoms. The van der Waals surface area contributed by atoms with Gasteiger partial charge in [0.05, 0.1) is 0 Å². The summed E-state index contributed by atoms with van der Waals surface area (Å²) in [5.74, 6) is 0.587. The van der Waals surface area contributed by atoms with Crippen molar-refractivity contribution in [3.63, 3.8) is 0 Å². The summed E-state index contributed by atoms with van der Waals surface area (Å²) in [6.07, 6.45) is 16.7. The Labute approximate surface area is 155 Å². The number of benzene rings is 1. The van der Waals surface area contributed by atoms with Crippen molar-refractivity contribution in [1.82, 2.24) is 0 Å². The minimum atomic E-state index is 0.587. The van der Waals surface area contributed by atoms with Crippen LogP contribution >= 0.6 is 11.6 Å². The van der Waals surface area contributed by atoms with Gasteiger partial charge in [0.2, 0.25) is 0 Å². The van der Waals surface area contributed by atoms with Gasteiger partial charge in [-0.3, -0.25) is 0 Å². The summed E-state index contributed by atoms with van der Waals surface area (Å²) in [7, 11) is 0. The Morgan fingerprint density at radius 2 is 1.38 bits per heavy atom. The number of allylic oxidation sites excluding steroid dienone is 1. The SMILES string of the molecule is C=CCc1ccccc1CCl.CCCCCCCCCCCCN. The fraction of sp³-hybridized carbons (Fsp3) is 0.636. The molecule has 1 aromatic rings. The zero-order chi connectivity index (χ0) is 17.9. The van der Waals surface area contributed by atoms with E-state index in [0.29, 0.717) is 5.88 Å². The monoisotopic (exact) mass is 351 g/mol. The van der Waals surface area contributed by atoms with Gasteiger partial charge in [0.25, 0.3) is 0 Å². The lowest BCUT2D eigenvalue weighted by molar-refractivity contribution is 0.558. The molecule has 0 saturated heterocycles. The van der Waals surface area contributed by atoms with Crippen molar-refractivity contribution in [2.75, 3.05) is 6.54 Å². The molecule has 2 heteroatoms. The average Bonchev–Trinajstić information content (AvgIpc) is 2.62. The van der Waals surface area contributed by atoms with E-state index in [0.717, 1.165) is 13.0 Å². The molecule has 0 amide bonds. The van der Waals surface area contributed by atoms with E-state index in [-0.39, 0.29) is 0 Å². The minimum Gasteiger partial charge on any atom is -0.330 e. The van der Waals surface area contributed by atoms with E-state index >= 15 is 0 Å². The summed E-state index contributed by atoms with van der Waals surface area (Å²) in [6, 6.07) is 8.16. The van der Waals surface area contributed by atoms with E-state index in [4.69, 9.17) is 17.3 Å². The lowest BCUT2D eigenvalue weighted by Crippen LogP contribution is -1.97. The normalized spacial score (nSPS) is 10.1. The van der Waals surface area contributed by atoms with Crippen LogP contribution in [0.15, 0.2) is 36.9 Å². The molecule has 0 fully saturated rings. The Morgan fingerprint density at radius 1 is 0.875 bits per heavy atom. The van der Waals surface area contributed by atoms with Crippen LogP contribution in [0.3, 0.4) is 0 Å². The quantitative estimate of drug-likeness (QED) is 0.230. The summed E-state index contributed by atoms with van der Waals surface area (Å²) in [5.41, 5.74) is 7.90. The number of alkyl halides is 1. The molecule has 1 rings (SSSR count). The van der Waals surface area contributed by atoms with Gasteiger partial charge in [-0.1, -0.05) is 95.1 Å². The van der Waals surface area contributed by atoms with Crippen LogP contribution in [0.4, 0.5) is 0 Å². The predicted octanol–water partition coefficient (Wildman–Crippen LogP) is 7.02. The number of hydrogen-bond donors (Lipinski definition) is 1. The van der Waals surface area contributed by atoms with E-state index in [9.17, 15) is 0 Å². The number of nitrogens with two attached hydrogens (primary N) is 1. The van der Waals surface area contributed by atoms with Crippen LogP contribution in [0.1, 0.15) is 82.3 Å². The van der Waals surface area contributed by atoms with Gasteiger partial charge in [0.15, 0.2) is 0 Å². The molecular formula is C22H38ClN. The third-order valence-electron chi connectivity index (χ3n) is 4.18. The van der Waals surface area contributed by atoms with Crippen molar-refractivity contribution in [3.05, 3.63) is 48.0 Å². The minimum absolute atomic E-state index is 0.587. The molecule has 0 radical (unpaired) electrons. The summed E-state index contributed by atoms with van der Waals surface area (Å²) in [5, 5.41) is 0. The molecule has 0 saturated carbocycles. The van der Waals surface area contributed by atoms with E-state index in [1.54, 1.807) is 0 Å². The fourth-order valence-corrected chi connectivity index (χ4v) is 2.94. The molecule has 0 heterocycles. The van der Waals surface area contributed by atoms with Gasteiger partial charge in [-0.15, -0.1) is 18.2 Å². The summed E-state index contributed by atoms with van der Waals surface area (Å²) in [6.45, 7) is 6.83. The Kier molecular flexibility index (Phi) is 17.9. The first-order valence-electron chi connectivity index (χ1n) is 9.73. The molecule has 0 bridgehead atoms. The Balaban J connectivity index is 0.000000446. The summed E-state index contributed by atoms with van der Waals surface area (Å²) >= 11 is 5.73. The van der Waals surface area contributed by atoms with Crippen molar-refractivity contribution >= 4 is 11.6 Å². The first-order valence-corrected chi connectivity index (χ1v) is 10.3. The maximum atomic E-state index is 5.73. The largest absolute Gasteiger partial charge is 0.330 e. The van der Waals surface area contributed by atoms with Gasteiger partial charge in [-0.25, -0.2) is 0 Å². The third kappa shape index (κ3) is 13.6. The van der Waals surface area contributed by atoms with Crippen molar-refractivity contribution in [3.8, 4) is 0 Å². The molecule has 1 nitrogen and oxygen atoms in total. The molecule has 24 heavy (non-hydrogen) atoms. The highest BCUT2D eigenvalue weighted by atomic mass is 35.5. The lowest BCUT2D eigenvalue weighted by Gasteiger charge is -2.02. The van der Waals surface area contributed by atoms with Crippen LogP contribution in [0.2, 0.25) is 0 Å². The molecule has 2 N–H and O–H groups in total. The van der Waals surface area contributed by atoms with Crippen molar-refractivity contribution < 1.29 is 0 Å². The third-order valence-corrected chi connectivity index (χ3v) is 4.47. The molecular weight excluding hydrogens is 314 g/mol. The number of unbranched alkanes of at least 4 members (excludes halogenated alkanes) is 9. The first-order chi connectivity index (χ1) is 11.8. The Bertz CT molecular complexity index is 379. The number of halogens is 1. The number of rotatable bonds is 13. The lowest BCUT2D eigenvalue weighted by atomic mass is 10.1. The summed E-state index contributed by atoms with van der Waals surface area (Å²) in [4.78, 5) is 0. The average molecular weight is 352 g/mol. The van der Waals surface area contributed by atoms with Crippen LogP contribution in [-0.4, -0.2) is 6.54 Å². The van der Waals surface area contributed by atoms with E-state index in [2.05, 4.69) is 19.6 Å². The highest BCUT2D eigenvalue weighted by Crippen LogP contribution is 2.12. The summed E-state index contributed by atoms with van der Waals surface area (Å²) < 4.78 is 0. The fourth-order valence-electron chi connectivity index (χ4n) is 2.67. The standard InChI is InChI=1S/C12H27N.C10H11Cl/c1-2-3-4-5-6-7-8-9-10-11-12-13;1-2-5-9-6-3-4-7-10(9)8-11/h2-13H2,1H3;2-4,6-7H,1,5,8H2. The first kappa shape index (κ1) is 23.2. The van der Waals surface area contributed by atoms with Gasteiger partial charge < -0.3 is 5.73 Å². The molecule has 1 aromatic carbocycles. The zero-order valence-corrected chi connectivity index (χ0v) is 16.5. The molecule has 0 atom stereocenters. The molecule has 0 aliphatic heterocycles. The van der Waals surface area contributed by atoms with Gasteiger partial charge in [-0.2, -0.15) is 0 Å². The zero-order valence-electron chi connectivity index (χ0n) is 15.7. The molecule has 0 aliphatic rings. The molecule has 0 aromatic heterocycles. The van der Waals surface area contributed by atoms with Crippen molar-refractivity contribution in [1.29, 1.82) is 0 Å². The smallest absolute Gasteiger partial charge is 0.0476 e. The predicted molar refractivity (Wildman–Crippen MR) is 111 cm³/mol. The van der Waals surface area contributed by atoms with E-state index in [1.165, 1.54) is 75.3 Å². The maximum absolute atomic E-state index is 5.73. The van der Waals surface area contributed by atoms with E-state index in [1.807, 2.05) is 24.3 Å². The molecule has 138 valence electrons. The highest BCUT2D eigenvalue weighted by Gasteiger charge is 1.96. The Morgan fingerprint density at radius 3 is 1.83 bits per heavy atom. The number of hydrogen-bond acceptors (Lipinski definition) is 1. The van der Waals surface area contributed by atoms with Crippen LogP contribution in [0.5, 0.6) is 0 Å². The van der Waals surface area contributed by atoms with Gasteiger partial charge in [-0.05, 0) is 30.5 Å². The second-order valence-electron chi connectivity index (χ2n) is 6.37. The molecule has 0 unspecified atom stereocenters. The van der Waals surface area contributed by atoms with Crippen LogP contribution in [0.25, 0.3) is 0 Å². The van der Waals surface area contributed by atoms with Crippen LogP contribution in [-0.2, 0) is 12.3 Å². The van der Waals surface area contributed by atoms with Crippen molar-refractivity contribution in [2.45, 2.75) is 83.4 Å². The topological polar surface area (TPSA) is 26.0 Å². The highest BCUT2D eigenvalue weighted by molar-refractivity contribution is 6.17. The van der Waals surface area contributed by atoms with Gasteiger partial charge in [0.1, 0.15) is 0 Å². The van der Waals surface area contributed by atoms with E-state index < -0.39 is 0 Å². The van der Waals surface area contributed by atoms with Crippen LogP contribution < -0.4 is 5.73 Å². The second kappa shape index (κ2) is 18.5.